The van der Waals surface area contributed by atoms with E-state index in [1.807, 2.05) is 0 Å². The van der Waals surface area contributed by atoms with Crippen LogP contribution in [0.1, 0.15) is 136 Å². The van der Waals surface area contributed by atoms with Crippen LogP contribution < -0.4 is 5.32 Å². The summed E-state index contributed by atoms with van der Waals surface area (Å²) in [5.41, 5.74) is -0.697. The SMILES string of the molecule is COC(=O)CCCCCCCCCCCCCCCCC(=O)N[C@@H](CCC(=O)O)C(=O)OC(C)(C)C. The van der Waals surface area contributed by atoms with Crippen molar-refractivity contribution in [2.24, 2.45) is 0 Å². The monoisotopic (exact) mass is 513 g/mol. The highest BCUT2D eigenvalue weighted by Gasteiger charge is 2.27. The number of carboxylic acids is 1. The van der Waals surface area contributed by atoms with Crippen molar-refractivity contribution >= 4 is 23.8 Å². The predicted molar refractivity (Wildman–Crippen MR) is 141 cm³/mol. The smallest absolute Gasteiger partial charge is 0.329 e. The molecule has 210 valence electrons. The Labute approximate surface area is 218 Å². The lowest BCUT2D eigenvalue weighted by Crippen LogP contribution is -2.44. The molecule has 0 aliphatic heterocycles. The van der Waals surface area contributed by atoms with E-state index >= 15 is 0 Å². The lowest BCUT2D eigenvalue weighted by Gasteiger charge is -2.24. The number of carbonyl (C=O) groups is 4. The van der Waals surface area contributed by atoms with Crippen molar-refractivity contribution in [1.82, 2.24) is 5.32 Å². The molecule has 1 atom stereocenters. The molecule has 0 heterocycles. The van der Waals surface area contributed by atoms with Crippen LogP contribution in [0.25, 0.3) is 0 Å². The predicted octanol–water partition coefficient (Wildman–Crippen LogP) is 6.09. The number of esters is 2. The van der Waals surface area contributed by atoms with Crippen LogP contribution in [0.5, 0.6) is 0 Å². The molecule has 0 spiro atoms. The molecule has 0 fully saturated rings. The minimum atomic E-state index is -1.01. The van der Waals surface area contributed by atoms with Crippen molar-refractivity contribution in [1.29, 1.82) is 0 Å². The lowest BCUT2D eigenvalue weighted by atomic mass is 10.0. The minimum absolute atomic E-state index is 0.0209. The van der Waals surface area contributed by atoms with Crippen LogP contribution in [-0.2, 0) is 28.7 Å². The zero-order chi connectivity index (χ0) is 27.2. The van der Waals surface area contributed by atoms with Gasteiger partial charge in [0.2, 0.25) is 5.91 Å². The Bertz CT molecular complexity index is 628. The van der Waals surface area contributed by atoms with E-state index in [0.29, 0.717) is 12.8 Å². The molecule has 0 aromatic carbocycles. The van der Waals surface area contributed by atoms with Gasteiger partial charge in [0, 0.05) is 19.3 Å². The van der Waals surface area contributed by atoms with Crippen molar-refractivity contribution in [3.05, 3.63) is 0 Å². The number of aliphatic carboxylic acids is 1. The van der Waals surface area contributed by atoms with Gasteiger partial charge >= 0.3 is 17.9 Å². The van der Waals surface area contributed by atoms with E-state index in [-0.39, 0.29) is 24.7 Å². The first-order valence-electron chi connectivity index (χ1n) is 13.9. The fourth-order valence-electron chi connectivity index (χ4n) is 3.93. The number of hydrogen-bond acceptors (Lipinski definition) is 6. The summed E-state index contributed by atoms with van der Waals surface area (Å²) in [5, 5.41) is 11.6. The number of methoxy groups -OCH3 is 1. The van der Waals surface area contributed by atoms with E-state index in [0.717, 1.165) is 32.1 Å². The van der Waals surface area contributed by atoms with Crippen molar-refractivity contribution in [3.63, 3.8) is 0 Å². The molecule has 0 bridgehead atoms. The van der Waals surface area contributed by atoms with E-state index in [2.05, 4.69) is 10.1 Å². The van der Waals surface area contributed by atoms with Crippen LogP contribution >= 0.6 is 0 Å². The van der Waals surface area contributed by atoms with Gasteiger partial charge in [-0.25, -0.2) is 4.79 Å². The molecular weight excluding hydrogens is 462 g/mol. The van der Waals surface area contributed by atoms with E-state index in [9.17, 15) is 19.2 Å². The van der Waals surface area contributed by atoms with Gasteiger partial charge in [0.15, 0.2) is 0 Å². The van der Waals surface area contributed by atoms with Gasteiger partial charge in [-0.15, -0.1) is 0 Å². The van der Waals surface area contributed by atoms with E-state index in [1.165, 1.54) is 64.9 Å². The van der Waals surface area contributed by atoms with Crippen molar-refractivity contribution < 1.29 is 33.8 Å². The van der Waals surface area contributed by atoms with Gasteiger partial charge in [-0.1, -0.05) is 77.0 Å². The molecule has 2 N–H and O–H groups in total. The molecule has 1 amide bonds. The summed E-state index contributed by atoms with van der Waals surface area (Å²) in [4.78, 5) is 46.5. The highest BCUT2D eigenvalue weighted by Crippen LogP contribution is 2.15. The maximum Gasteiger partial charge on any atom is 0.329 e. The van der Waals surface area contributed by atoms with Gasteiger partial charge in [0.1, 0.15) is 11.6 Å². The maximum absolute atomic E-state index is 12.3. The Hall–Kier alpha value is -2.12. The number of ether oxygens (including phenoxy) is 2. The summed E-state index contributed by atoms with van der Waals surface area (Å²) in [6.45, 7) is 5.21. The molecule has 0 aromatic heterocycles. The summed E-state index contributed by atoms with van der Waals surface area (Å²) in [7, 11) is 1.44. The Morgan fingerprint density at radius 3 is 1.50 bits per heavy atom. The molecule has 36 heavy (non-hydrogen) atoms. The van der Waals surface area contributed by atoms with Crippen LogP contribution in [0.2, 0.25) is 0 Å². The summed E-state index contributed by atoms with van der Waals surface area (Å²) >= 11 is 0. The largest absolute Gasteiger partial charge is 0.481 e. The number of carboxylic acid groups (broad SMARTS) is 1. The van der Waals surface area contributed by atoms with Crippen molar-refractivity contribution in [2.75, 3.05) is 7.11 Å². The number of unbranched alkanes of at least 4 members (excludes halogenated alkanes) is 13. The average molecular weight is 514 g/mol. The zero-order valence-corrected chi connectivity index (χ0v) is 23.2. The average Bonchev–Trinajstić information content (AvgIpc) is 2.79. The Balaban J connectivity index is 3.73. The molecular formula is C28H51NO7. The van der Waals surface area contributed by atoms with E-state index in [1.54, 1.807) is 20.8 Å². The second-order valence-electron chi connectivity index (χ2n) is 10.6. The molecule has 8 heteroatoms. The van der Waals surface area contributed by atoms with Crippen molar-refractivity contribution in [3.8, 4) is 0 Å². The number of hydrogen-bond donors (Lipinski definition) is 2. The third-order valence-electron chi connectivity index (χ3n) is 5.94. The summed E-state index contributed by atoms with van der Waals surface area (Å²) in [6, 6.07) is -0.931. The van der Waals surface area contributed by atoms with Crippen molar-refractivity contribution in [2.45, 2.75) is 148 Å². The molecule has 0 radical (unpaired) electrons. The third-order valence-corrected chi connectivity index (χ3v) is 5.94. The van der Waals surface area contributed by atoms with Crippen LogP contribution in [0.4, 0.5) is 0 Å². The first-order chi connectivity index (χ1) is 17.0. The third kappa shape index (κ3) is 22.4. The van der Waals surface area contributed by atoms with Gasteiger partial charge in [-0.05, 0) is 40.0 Å². The van der Waals surface area contributed by atoms with Gasteiger partial charge < -0.3 is 19.9 Å². The first-order valence-corrected chi connectivity index (χ1v) is 13.9. The second-order valence-corrected chi connectivity index (χ2v) is 10.6. The molecule has 0 saturated carbocycles. The zero-order valence-electron chi connectivity index (χ0n) is 23.2. The lowest BCUT2D eigenvalue weighted by molar-refractivity contribution is -0.159. The molecule has 0 unspecified atom stereocenters. The molecule has 8 nitrogen and oxygen atoms in total. The molecule has 0 rings (SSSR count). The highest BCUT2D eigenvalue weighted by molar-refractivity contribution is 5.85. The van der Waals surface area contributed by atoms with Crippen LogP contribution in [0, 0.1) is 0 Å². The summed E-state index contributed by atoms with van der Waals surface area (Å²) in [5.74, 6) is -1.95. The van der Waals surface area contributed by atoms with Crippen LogP contribution in [0.3, 0.4) is 0 Å². The Morgan fingerprint density at radius 2 is 1.11 bits per heavy atom. The fourth-order valence-corrected chi connectivity index (χ4v) is 3.93. The molecule has 0 aromatic rings. The number of carbonyl (C=O) groups excluding carboxylic acids is 3. The quantitative estimate of drug-likeness (QED) is 0.133. The fraction of sp³-hybridized carbons (Fsp3) is 0.857. The minimum Gasteiger partial charge on any atom is -0.481 e. The molecule has 0 aliphatic carbocycles. The van der Waals surface area contributed by atoms with Crippen LogP contribution in [-0.4, -0.2) is 47.7 Å². The number of nitrogens with one attached hydrogen (secondary N) is 1. The molecule has 0 saturated heterocycles. The van der Waals surface area contributed by atoms with E-state index in [4.69, 9.17) is 9.84 Å². The highest BCUT2D eigenvalue weighted by atomic mass is 16.6. The number of rotatable bonds is 22. The first kappa shape index (κ1) is 33.9. The Kier molecular flexibility index (Phi) is 19.8. The topological polar surface area (TPSA) is 119 Å². The maximum atomic E-state index is 12.3. The normalized spacial score (nSPS) is 12.1. The van der Waals surface area contributed by atoms with E-state index < -0.39 is 23.6 Å². The summed E-state index contributed by atoms with van der Waals surface area (Å²) < 4.78 is 9.95. The Morgan fingerprint density at radius 1 is 0.694 bits per heavy atom. The molecule has 0 aliphatic rings. The summed E-state index contributed by atoms with van der Waals surface area (Å²) in [6.07, 6.45) is 16.7. The number of amides is 1. The van der Waals surface area contributed by atoms with Gasteiger partial charge in [0.25, 0.3) is 0 Å². The second kappa shape index (κ2) is 21.0. The van der Waals surface area contributed by atoms with Gasteiger partial charge in [0.05, 0.1) is 7.11 Å². The van der Waals surface area contributed by atoms with Crippen LogP contribution in [0.15, 0.2) is 0 Å². The van der Waals surface area contributed by atoms with Gasteiger partial charge in [-0.3, -0.25) is 14.4 Å². The van der Waals surface area contributed by atoms with Gasteiger partial charge in [-0.2, -0.15) is 0 Å². The standard InChI is InChI=1S/C28H51NO7/c1-28(2,3)36-27(34)23(21-22-25(31)32)29-24(30)19-17-15-13-11-9-7-5-6-8-10-12-14-16-18-20-26(33)35-4/h23H,5-22H2,1-4H3,(H,29,30)(H,31,32)/t23-/m0/s1.